The number of hydrogen-bond acceptors (Lipinski definition) is 5. The molecule has 6 nitrogen and oxygen atoms in total. The standard InChI is InChI=1S/C16H26N2O4S/c1-13(14-4-3-9-17-12-14)18-23(19,20)16-7-5-15(6-8-16)22-11-10-21-2/h5-8,13-14,17-18H,3-4,9-12H2,1-2H3. The van der Waals surface area contributed by atoms with Gasteiger partial charge < -0.3 is 14.8 Å². The van der Waals surface area contributed by atoms with E-state index in [1.54, 1.807) is 31.4 Å². The Kier molecular flexibility index (Phi) is 6.83. The first-order valence-electron chi connectivity index (χ1n) is 7.98. The molecule has 0 amide bonds. The predicted molar refractivity (Wildman–Crippen MR) is 89.2 cm³/mol. The predicted octanol–water partition coefficient (Wildman–Crippen LogP) is 1.38. The number of benzene rings is 1. The monoisotopic (exact) mass is 342 g/mol. The smallest absolute Gasteiger partial charge is 0.240 e. The fourth-order valence-electron chi connectivity index (χ4n) is 2.67. The zero-order chi connectivity index (χ0) is 16.7. The Morgan fingerprint density at radius 1 is 1.30 bits per heavy atom. The van der Waals surface area contributed by atoms with Gasteiger partial charge in [0, 0.05) is 13.2 Å². The van der Waals surface area contributed by atoms with E-state index < -0.39 is 10.0 Å². The van der Waals surface area contributed by atoms with Crippen molar-refractivity contribution >= 4 is 10.0 Å². The van der Waals surface area contributed by atoms with E-state index in [9.17, 15) is 8.42 Å². The molecule has 1 fully saturated rings. The third-order valence-electron chi connectivity index (χ3n) is 4.07. The van der Waals surface area contributed by atoms with Gasteiger partial charge in [0.1, 0.15) is 12.4 Å². The lowest BCUT2D eigenvalue weighted by Crippen LogP contribution is -2.44. The number of piperidine rings is 1. The summed E-state index contributed by atoms with van der Waals surface area (Å²) in [4.78, 5) is 0.257. The van der Waals surface area contributed by atoms with Crippen molar-refractivity contribution in [1.29, 1.82) is 0 Å². The van der Waals surface area contributed by atoms with E-state index in [4.69, 9.17) is 9.47 Å². The largest absolute Gasteiger partial charge is 0.491 e. The molecule has 2 unspecified atom stereocenters. The van der Waals surface area contributed by atoms with Gasteiger partial charge in [-0.3, -0.25) is 0 Å². The SMILES string of the molecule is COCCOc1ccc(S(=O)(=O)NC(C)C2CCCNC2)cc1. The summed E-state index contributed by atoms with van der Waals surface area (Å²) in [6.07, 6.45) is 2.13. The Hall–Kier alpha value is -1.15. The maximum absolute atomic E-state index is 12.5. The highest BCUT2D eigenvalue weighted by Gasteiger charge is 2.25. The molecule has 2 atom stereocenters. The van der Waals surface area contributed by atoms with Crippen molar-refractivity contribution in [2.45, 2.75) is 30.7 Å². The summed E-state index contributed by atoms with van der Waals surface area (Å²) in [5.41, 5.74) is 0. The minimum absolute atomic E-state index is 0.0922. The van der Waals surface area contributed by atoms with Crippen LogP contribution < -0.4 is 14.8 Å². The molecule has 1 heterocycles. The van der Waals surface area contributed by atoms with E-state index in [0.717, 1.165) is 25.9 Å². The highest BCUT2D eigenvalue weighted by atomic mass is 32.2. The molecule has 0 bridgehead atoms. The van der Waals surface area contributed by atoms with Crippen LogP contribution in [0.3, 0.4) is 0 Å². The molecular weight excluding hydrogens is 316 g/mol. The molecule has 1 aromatic carbocycles. The Morgan fingerprint density at radius 3 is 2.65 bits per heavy atom. The van der Waals surface area contributed by atoms with Crippen LogP contribution in [0.5, 0.6) is 5.75 Å². The Morgan fingerprint density at radius 2 is 2.04 bits per heavy atom. The van der Waals surface area contributed by atoms with Crippen LogP contribution in [0.25, 0.3) is 0 Å². The summed E-state index contributed by atoms with van der Waals surface area (Å²) in [7, 11) is -1.90. The van der Waals surface area contributed by atoms with Crippen molar-refractivity contribution in [2.24, 2.45) is 5.92 Å². The molecule has 0 spiro atoms. The summed E-state index contributed by atoms with van der Waals surface area (Å²) in [5, 5.41) is 3.31. The molecule has 0 aromatic heterocycles. The Bertz CT molecular complexity index is 568. The third kappa shape index (κ3) is 5.46. The van der Waals surface area contributed by atoms with Gasteiger partial charge in [-0.2, -0.15) is 0 Å². The topological polar surface area (TPSA) is 76.7 Å². The lowest BCUT2D eigenvalue weighted by Gasteiger charge is -2.28. The van der Waals surface area contributed by atoms with Crippen molar-refractivity contribution < 1.29 is 17.9 Å². The number of methoxy groups -OCH3 is 1. The molecule has 1 aliphatic rings. The molecule has 1 aromatic rings. The molecular formula is C16H26N2O4S. The van der Waals surface area contributed by atoms with Crippen LogP contribution in [0, 0.1) is 5.92 Å². The fraction of sp³-hybridized carbons (Fsp3) is 0.625. The van der Waals surface area contributed by atoms with Gasteiger partial charge in [0.2, 0.25) is 10.0 Å². The van der Waals surface area contributed by atoms with Crippen LogP contribution in [0.1, 0.15) is 19.8 Å². The highest BCUT2D eigenvalue weighted by molar-refractivity contribution is 7.89. The second kappa shape index (κ2) is 8.63. The number of nitrogens with one attached hydrogen (secondary N) is 2. The van der Waals surface area contributed by atoms with E-state index in [1.165, 1.54) is 0 Å². The van der Waals surface area contributed by atoms with E-state index in [0.29, 0.717) is 24.9 Å². The van der Waals surface area contributed by atoms with Crippen molar-refractivity contribution in [3.05, 3.63) is 24.3 Å². The van der Waals surface area contributed by atoms with E-state index in [2.05, 4.69) is 10.0 Å². The average molecular weight is 342 g/mol. The summed E-state index contributed by atoms with van der Waals surface area (Å²) >= 11 is 0. The first-order chi connectivity index (χ1) is 11.0. The second-order valence-electron chi connectivity index (χ2n) is 5.83. The van der Waals surface area contributed by atoms with Crippen LogP contribution in [0.4, 0.5) is 0 Å². The minimum Gasteiger partial charge on any atom is -0.491 e. The highest BCUT2D eigenvalue weighted by Crippen LogP contribution is 2.19. The zero-order valence-corrected chi connectivity index (χ0v) is 14.6. The maximum atomic E-state index is 12.5. The molecule has 2 rings (SSSR count). The lowest BCUT2D eigenvalue weighted by atomic mass is 9.94. The van der Waals surface area contributed by atoms with Gasteiger partial charge in [-0.05, 0) is 63.0 Å². The van der Waals surface area contributed by atoms with Crippen molar-refractivity contribution in [3.63, 3.8) is 0 Å². The van der Waals surface area contributed by atoms with Crippen LogP contribution in [-0.4, -0.2) is 47.9 Å². The van der Waals surface area contributed by atoms with Gasteiger partial charge in [-0.15, -0.1) is 0 Å². The lowest BCUT2D eigenvalue weighted by molar-refractivity contribution is 0.146. The molecule has 0 radical (unpaired) electrons. The van der Waals surface area contributed by atoms with E-state index in [1.807, 2.05) is 6.92 Å². The summed E-state index contributed by atoms with van der Waals surface area (Å²) < 4.78 is 38.1. The number of sulfonamides is 1. The number of ether oxygens (including phenoxy) is 2. The van der Waals surface area contributed by atoms with E-state index in [-0.39, 0.29) is 10.9 Å². The average Bonchev–Trinajstić information content (AvgIpc) is 2.56. The summed E-state index contributed by atoms with van der Waals surface area (Å²) in [6, 6.07) is 6.37. The van der Waals surface area contributed by atoms with Crippen LogP contribution in [0.15, 0.2) is 29.2 Å². The molecule has 7 heteroatoms. The molecule has 0 saturated carbocycles. The second-order valence-corrected chi connectivity index (χ2v) is 7.54. The molecule has 1 aliphatic heterocycles. The van der Waals surface area contributed by atoms with Crippen LogP contribution >= 0.6 is 0 Å². The molecule has 1 saturated heterocycles. The van der Waals surface area contributed by atoms with Gasteiger partial charge in [-0.25, -0.2) is 13.1 Å². The quantitative estimate of drug-likeness (QED) is 0.698. The molecule has 0 aliphatic carbocycles. The Labute approximate surface area is 138 Å². The van der Waals surface area contributed by atoms with Gasteiger partial charge >= 0.3 is 0 Å². The van der Waals surface area contributed by atoms with E-state index >= 15 is 0 Å². The fourth-order valence-corrected chi connectivity index (χ4v) is 3.98. The first-order valence-corrected chi connectivity index (χ1v) is 9.46. The van der Waals surface area contributed by atoms with Crippen molar-refractivity contribution in [3.8, 4) is 5.75 Å². The molecule has 130 valence electrons. The van der Waals surface area contributed by atoms with Gasteiger partial charge in [0.05, 0.1) is 11.5 Å². The number of rotatable bonds is 8. The maximum Gasteiger partial charge on any atom is 0.240 e. The first kappa shape index (κ1) is 18.2. The van der Waals surface area contributed by atoms with Crippen molar-refractivity contribution in [2.75, 3.05) is 33.4 Å². The zero-order valence-electron chi connectivity index (χ0n) is 13.7. The number of hydrogen-bond donors (Lipinski definition) is 2. The summed E-state index contributed by atoms with van der Waals surface area (Å²) in [6.45, 7) is 4.73. The Balaban J connectivity index is 1.95. The van der Waals surface area contributed by atoms with Gasteiger partial charge in [-0.1, -0.05) is 0 Å². The van der Waals surface area contributed by atoms with Crippen LogP contribution in [-0.2, 0) is 14.8 Å². The normalized spacial score (nSPS) is 20.2. The molecule has 23 heavy (non-hydrogen) atoms. The minimum atomic E-state index is -3.51. The third-order valence-corrected chi connectivity index (χ3v) is 5.65. The van der Waals surface area contributed by atoms with Crippen molar-refractivity contribution in [1.82, 2.24) is 10.0 Å². The van der Waals surface area contributed by atoms with Gasteiger partial charge in [0.15, 0.2) is 0 Å². The van der Waals surface area contributed by atoms with Crippen LogP contribution in [0.2, 0.25) is 0 Å². The summed E-state index contributed by atoms with van der Waals surface area (Å²) in [5.74, 6) is 0.959. The molecule has 2 N–H and O–H groups in total. The van der Waals surface area contributed by atoms with Gasteiger partial charge in [0.25, 0.3) is 0 Å².